The SMILES string of the molecule is CC(C)CNC(=O)NC(=O)COC(=O)CN1C(=O)NC2(CCC(C(C)(C)C)CC2)C1=O. The lowest BCUT2D eigenvalue weighted by Crippen LogP contribution is -2.50. The van der Waals surface area contributed by atoms with E-state index in [2.05, 4.69) is 31.4 Å². The van der Waals surface area contributed by atoms with Crippen LogP contribution in [0.5, 0.6) is 0 Å². The van der Waals surface area contributed by atoms with E-state index in [-0.39, 0.29) is 11.3 Å². The Labute approximate surface area is 182 Å². The van der Waals surface area contributed by atoms with Gasteiger partial charge in [0.1, 0.15) is 12.1 Å². The van der Waals surface area contributed by atoms with Crippen molar-refractivity contribution in [2.75, 3.05) is 19.7 Å². The van der Waals surface area contributed by atoms with E-state index < -0.39 is 48.5 Å². The minimum absolute atomic E-state index is 0.128. The summed E-state index contributed by atoms with van der Waals surface area (Å²) in [7, 11) is 0. The molecule has 1 aliphatic heterocycles. The van der Waals surface area contributed by atoms with Crippen molar-refractivity contribution in [2.45, 2.75) is 65.8 Å². The van der Waals surface area contributed by atoms with Gasteiger partial charge in [0.15, 0.2) is 6.61 Å². The number of amides is 6. The first-order valence-electron chi connectivity index (χ1n) is 10.7. The van der Waals surface area contributed by atoms with Gasteiger partial charge in [0.05, 0.1) is 0 Å². The molecule has 0 unspecified atom stereocenters. The van der Waals surface area contributed by atoms with Crippen LogP contribution in [0.2, 0.25) is 0 Å². The summed E-state index contributed by atoms with van der Waals surface area (Å²) in [5, 5.41) is 7.30. The van der Waals surface area contributed by atoms with Crippen molar-refractivity contribution in [2.24, 2.45) is 17.3 Å². The van der Waals surface area contributed by atoms with E-state index in [1.54, 1.807) is 0 Å². The minimum Gasteiger partial charge on any atom is -0.454 e. The molecule has 174 valence electrons. The van der Waals surface area contributed by atoms with Crippen LogP contribution >= 0.6 is 0 Å². The van der Waals surface area contributed by atoms with Crippen molar-refractivity contribution in [3.05, 3.63) is 0 Å². The van der Waals surface area contributed by atoms with Gasteiger partial charge in [-0.3, -0.25) is 24.6 Å². The van der Waals surface area contributed by atoms with E-state index >= 15 is 0 Å². The summed E-state index contributed by atoms with van der Waals surface area (Å²) in [6, 6.07) is -1.31. The molecule has 10 heteroatoms. The molecule has 1 saturated carbocycles. The molecule has 0 bridgehead atoms. The van der Waals surface area contributed by atoms with Crippen LogP contribution in [0.4, 0.5) is 9.59 Å². The zero-order valence-corrected chi connectivity index (χ0v) is 19.0. The van der Waals surface area contributed by atoms with Crippen molar-refractivity contribution in [1.82, 2.24) is 20.9 Å². The number of nitrogens with zero attached hydrogens (tertiary/aromatic N) is 1. The van der Waals surface area contributed by atoms with E-state index in [1.165, 1.54) is 0 Å². The second kappa shape index (κ2) is 9.65. The summed E-state index contributed by atoms with van der Waals surface area (Å²) in [6.07, 6.45) is 2.68. The first-order chi connectivity index (χ1) is 14.3. The van der Waals surface area contributed by atoms with Gasteiger partial charge in [-0.15, -0.1) is 0 Å². The summed E-state index contributed by atoms with van der Waals surface area (Å²) in [5.74, 6) is -1.46. The maximum absolute atomic E-state index is 12.9. The lowest BCUT2D eigenvalue weighted by molar-refractivity contribution is -0.151. The molecule has 1 spiro atoms. The number of nitrogens with one attached hydrogen (secondary N) is 3. The monoisotopic (exact) mass is 438 g/mol. The van der Waals surface area contributed by atoms with Crippen LogP contribution in [0.3, 0.4) is 0 Å². The van der Waals surface area contributed by atoms with Crippen LogP contribution in [-0.2, 0) is 19.1 Å². The van der Waals surface area contributed by atoms with E-state index in [0.29, 0.717) is 25.3 Å². The molecule has 2 fully saturated rings. The number of hydrogen-bond donors (Lipinski definition) is 3. The average molecular weight is 439 g/mol. The average Bonchev–Trinajstić information content (AvgIpc) is 2.88. The lowest BCUT2D eigenvalue weighted by Gasteiger charge is -2.40. The van der Waals surface area contributed by atoms with Gasteiger partial charge >= 0.3 is 18.0 Å². The molecule has 6 amide bonds. The molecular formula is C21H34N4O6. The number of urea groups is 2. The molecule has 1 aliphatic carbocycles. The Balaban J connectivity index is 1.82. The van der Waals surface area contributed by atoms with E-state index in [1.807, 2.05) is 19.2 Å². The van der Waals surface area contributed by atoms with Crippen molar-refractivity contribution >= 4 is 29.8 Å². The third kappa shape index (κ3) is 6.41. The zero-order chi connectivity index (χ0) is 23.4. The molecule has 1 heterocycles. The van der Waals surface area contributed by atoms with Crippen LogP contribution < -0.4 is 16.0 Å². The van der Waals surface area contributed by atoms with Crippen LogP contribution in [0.1, 0.15) is 60.3 Å². The number of carbonyl (C=O) groups is 5. The van der Waals surface area contributed by atoms with Gasteiger partial charge in [-0.25, -0.2) is 9.59 Å². The Morgan fingerprint density at radius 1 is 1.19 bits per heavy atom. The van der Waals surface area contributed by atoms with Gasteiger partial charge in [-0.05, 0) is 42.9 Å². The standard InChI is InChI=1S/C21H34N4O6/c1-13(2)10-22-18(29)23-15(26)12-31-16(27)11-25-17(28)21(24-19(25)30)8-6-14(7-9-21)20(3,4)5/h13-14H,6-12H2,1-5H3,(H,24,30)(H2,22,23,26,29). The van der Waals surface area contributed by atoms with Crippen LogP contribution in [0.15, 0.2) is 0 Å². The maximum atomic E-state index is 12.9. The second-order valence-electron chi connectivity index (χ2n) is 9.86. The van der Waals surface area contributed by atoms with Crippen molar-refractivity contribution in [3.63, 3.8) is 0 Å². The molecule has 2 rings (SSSR count). The number of carbonyl (C=O) groups excluding carboxylic acids is 5. The molecule has 0 atom stereocenters. The largest absolute Gasteiger partial charge is 0.454 e. The summed E-state index contributed by atoms with van der Waals surface area (Å²) in [5.41, 5.74) is -0.839. The molecule has 10 nitrogen and oxygen atoms in total. The van der Waals surface area contributed by atoms with E-state index in [4.69, 9.17) is 4.74 Å². The molecule has 1 saturated heterocycles. The number of rotatable bonds is 6. The fraction of sp³-hybridized carbons (Fsp3) is 0.762. The van der Waals surface area contributed by atoms with Crippen LogP contribution in [0, 0.1) is 17.3 Å². The number of imide groups is 2. The quantitative estimate of drug-likeness (QED) is 0.425. The van der Waals surface area contributed by atoms with Crippen molar-refractivity contribution in [1.29, 1.82) is 0 Å². The second-order valence-corrected chi connectivity index (χ2v) is 9.86. The Morgan fingerprint density at radius 2 is 1.81 bits per heavy atom. The van der Waals surface area contributed by atoms with Crippen LogP contribution in [0.25, 0.3) is 0 Å². The molecule has 3 N–H and O–H groups in total. The highest BCUT2D eigenvalue weighted by atomic mass is 16.5. The van der Waals surface area contributed by atoms with Crippen molar-refractivity contribution < 1.29 is 28.7 Å². The van der Waals surface area contributed by atoms with Crippen LogP contribution in [-0.4, -0.2) is 60.0 Å². The summed E-state index contributed by atoms with van der Waals surface area (Å²) >= 11 is 0. The van der Waals surface area contributed by atoms with Gasteiger partial charge in [-0.1, -0.05) is 34.6 Å². The fourth-order valence-corrected chi connectivity index (χ4v) is 3.96. The first kappa shape index (κ1) is 24.6. The Bertz CT molecular complexity index is 735. The number of ether oxygens (including phenoxy) is 1. The molecule has 0 aromatic carbocycles. The van der Waals surface area contributed by atoms with Crippen molar-refractivity contribution in [3.8, 4) is 0 Å². The first-order valence-corrected chi connectivity index (χ1v) is 10.7. The zero-order valence-electron chi connectivity index (χ0n) is 19.0. The molecule has 2 aliphatic rings. The van der Waals surface area contributed by atoms with Gasteiger partial charge in [0.2, 0.25) is 0 Å². The Kier molecular flexibility index (Phi) is 7.67. The highest BCUT2D eigenvalue weighted by Gasteiger charge is 2.53. The van der Waals surface area contributed by atoms with Gasteiger partial charge < -0.3 is 15.4 Å². The van der Waals surface area contributed by atoms with E-state index in [9.17, 15) is 24.0 Å². The van der Waals surface area contributed by atoms with E-state index in [0.717, 1.165) is 17.7 Å². The molecular weight excluding hydrogens is 404 g/mol. The predicted octanol–water partition coefficient (Wildman–Crippen LogP) is 1.54. The normalized spacial score (nSPS) is 23.7. The Hall–Kier alpha value is -2.65. The maximum Gasteiger partial charge on any atom is 0.326 e. The summed E-state index contributed by atoms with van der Waals surface area (Å²) in [6.45, 7) is 9.42. The number of esters is 1. The van der Waals surface area contributed by atoms with Gasteiger partial charge in [-0.2, -0.15) is 0 Å². The smallest absolute Gasteiger partial charge is 0.326 e. The number of hydrogen-bond acceptors (Lipinski definition) is 6. The third-order valence-electron chi connectivity index (χ3n) is 5.89. The fourth-order valence-electron chi connectivity index (χ4n) is 3.96. The highest BCUT2D eigenvalue weighted by molar-refractivity contribution is 6.08. The highest BCUT2D eigenvalue weighted by Crippen LogP contribution is 2.43. The topological polar surface area (TPSA) is 134 Å². The predicted molar refractivity (Wildman–Crippen MR) is 112 cm³/mol. The molecule has 0 aromatic heterocycles. The van der Waals surface area contributed by atoms with Gasteiger partial charge in [0.25, 0.3) is 11.8 Å². The minimum atomic E-state index is -0.967. The third-order valence-corrected chi connectivity index (χ3v) is 5.89. The Morgan fingerprint density at radius 3 is 2.35 bits per heavy atom. The molecule has 31 heavy (non-hydrogen) atoms. The molecule has 0 radical (unpaired) electrons. The summed E-state index contributed by atoms with van der Waals surface area (Å²) in [4.78, 5) is 61.4. The van der Waals surface area contributed by atoms with Gasteiger partial charge in [0, 0.05) is 6.54 Å². The molecule has 0 aromatic rings. The lowest BCUT2D eigenvalue weighted by atomic mass is 9.67. The summed E-state index contributed by atoms with van der Waals surface area (Å²) < 4.78 is 4.82.